The van der Waals surface area contributed by atoms with Gasteiger partial charge in [0.05, 0.1) is 0 Å². The third kappa shape index (κ3) is 2.37. The predicted octanol–water partition coefficient (Wildman–Crippen LogP) is 4.11. The van der Waals surface area contributed by atoms with Gasteiger partial charge in [-0.1, -0.05) is 52.2 Å². The van der Waals surface area contributed by atoms with Gasteiger partial charge >= 0.3 is 0 Å². The second kappa shape index (κ2) is 4.97. The second-order valence-corrected chi connectivity index (χ2v) is 3.33. The first kappa shape index (κ1) is 11.2. The molecule has 0 amide bonds. The van der Waals surface area contributed by atoms with Crippen molar-refractivity contribution in [2.75, 3.05) is 0 Å². The lowest BCUT2D eigenvalue weighted by Gasteiger charge is -2.28. The first-order valence-electron chi connectivity index (χ1n) is 4.60. The summed E-state index contributed by atoms with van der Waals surface area (Å²) in [7, 11) is 0. The van der Waals surface area contributed by atoms with Crippen molar-refractivity contribution in [2.45, 2.75) is 33.6 Å². The smallest absolute Gasteiger partial charge is 0.00807 e. The predicted molar refractivity (Wildman–Crippen MR) is 57.2 cm³/mol. The van der Waals surface area contributed by atoms with E-state index >= 15 is 0 Å². The molecule has 0 radical (unpaired) electrons. The third-order valence-corrected chi connectivity index (χ3v) is 2.77. The average molecular weight is 164 g/mol. The Bertz CT molecular complexity index is 180. The van der Waals surface area contributed by atoms with Gasteiger partial charge in [-0.3, -0.25) is 0 Å². The Hall–Kier alpha value is -0.780. The molecule has 0 aromatic rings. The molecule has 0 atom stereocenters. The van der Waals surface area contributed by atoms with E-state index in [0.29, 0.717) is 0 Å². The van der Waals surface area contributed by atoms with Gasteiger partial charge < -0.3 is 0 Å². The zero-order valence-corrected chi connectivity index (χ0v) is 8.56. The van der Waals surface area contributed by atoms with Crippen molar-refractivity contribution in [3.8, 4) is 0 Å². The average Bonchev–Trinajstić information content (AvgIpc) is 2.13. The molecule has 68 valence electrons. The molecule has 0 N–H and O–H groups in total. The molecule has 0 rings (SSSR count). The molecule has 0 aliphatic carbocycles. The molecular weight excluding hydrogens is 144 g/mol. The van der Waals surface area contributed by atoms with Crippen molar-refractivity contribution in [1.29, 1.82) is 0 Å². The van der Waals surface area contributed by atoms with Gasteiger partial charge in [-0.2, -0.15) is 0 Å². The maximum absolute atomic E-state index is 3.83. The van der Waals surface area contributed by atoms with Crippen LogP contribution >= 0.6 is 0 Å². The highest BCUT2D eigenvalue weighted by molar-refractivity contribution is 5.27. The van der Waals surface area contributed by atoms with E-state index in [1.165, 1.54) is 5.57 Å². The zero-order valence-electron chi connectivity index (χ0n) is 8.56. The lowest BCUT2D eigenvalue weighted by molar-refractivity contribution is 0.377. The summed E-state index contributed by atoms with van der Waals surface area (Å²) in [5.41, 5.74) is 1.57. The highest BCUT2D eigenvalue weighted by Crippen LogP contribution is 2.34. The van der Waals surface area contributed by atoms with Crippen LogP contribution in [0.5, 0.6) is 0 Å². The molecule has 0 fully saturated rings. The first-order chi connectivity index (χ1) is 5.64. The minimum absolute atomic E-state index is 0.274. The van der Waals surface area contributed by atoms with E-state index in [0.717, 1.165) is 12.8 Å². The third-order valence-electron chi connectivity index (χ3n) is 2.77. The van der Waals surface area contributed by atoms with Crippen LogP contribution in [-0.2, 0) is 0 Å². The largest absolute Gasteiger partial charge is 0.0991 e. The van der Waals surface area contributed by atoms with E-state index < -0.39 is 0 Å². The summed E-state index contributed by atoms with van der Waals surface area (Å²) in [5.74, 6) is 0. The van der Waals surface area contributed by atoms with Gasteiger partial charge in [-0.15, -0.1) is 0 Å². The van der Waals surface area contributed by atoms with Crippen molar-refractivity contribution in [1.82, 2.24) is 0 Å². The highest BCUT2D eigenvalue weighted by Gasteiger charge is 2.21. The molecule has 0 heterocycles. The Balaban J connectivity index is 4.78. The standard InChI is InChI=1S/C12H20/c1-6-10-11(7-2)12(5,8-3)9-4/h6-7,10H,1-2,8-9H2,3-5H3/b11-10+. The van der Waals surface area contributed by atoms with Gasteiger partial charge in [0.15, 0.2) is 0 Å². The molecular formula is C12H20. The molecule has 0 aromatic heterocycles. The fourth-order valence-corrected chi connectivity index (χ4v) is 1.30. The SMILES string of the molecule is C=C/C=C(\C=C)C(C)(CC)CC. The van der Waals surface area contributed by atoms with Crippen molar-refractivity contribution in [3.63, 3.8) is 0 Å². The van der Waals surface area contributed by atoms with Crippen molar-refractivity contribution in [2.24, 2.45) is 5.41 Å². The zero-order chi connectivity index (χ0) is 9.61. The fourth-order valence-electron chi connectivity index (χ4n) is 1.30. The van der Waals surface area contributed by atoms with Crippen LogP contribution in [0.2, 0.25) is 0 Å². The van der Waals surface area contributed by atoms with Gasteiger partial charge in [-0.05, 0) is 23.8 Å². The summed E-state index contributed by atoms with van der Waals surface area (Å²) in [5, 5.41) is 0. The molecule has 0 heteroatoms. The van der Waals surface area contributed by atoms with Crippen LogP contribution in [0.3, 0.4) is 0 Å². The summed E-state index contributed by atoms with van der Waals surface area (Å²) in [6.07, 6.45) is 8.12. The van der Waals surface area contributed by atoms with Crippen LogP contribution in [0.15, 0.2) is 37.0 Å². The molecule has 0 aliphatic rings. The Morgan fingerprint density at radius 2 is 1.75 bits per heavy atom. The topological polar surface area (TPSA) is 0 Å². The minimum Gasteiger partial charge on any atom is -0.0991 e. The van der Waals surface area contributed by atoms with Gasteiger partial charge in [0.2, 0.25) is 0 Å². The summed E-state index contributed by atoms with van der Waals surface area (Å²) in [4.78, 5) is 0. The molecule has 0 saturated heterocycles. The Morgan fingerprint density at radius 3 is 2.00 bits per heavy atom. The normalized spacial score (nSPS) is 12.8. The molecule has 0 aromatic carbocycles. The Kier molecular flexibility index (Phi) is 4.65. The van der Waals surface area contributed by atoms with Crippen LogP contribution < -0.4 is 0 Å². The molecule has 12 heavy (non-hydrogen) atoms. The Labute approximate surface area is 76.7 Å². The van der Waals surface area contributed by atoms with E-state index in [-0.39, 0.29) is 5.41 Å². The van der Waals surface area contributed by atoms with Crippen LogP contribution in [0.25, 0.3) is 0 Å². The van der Waals surface area contributed by atoms with E-state index in [1.807, 2.05) is 12.2 Å². The van der Waals surface area contributed by atoms with E-state index in [9.17, 15) is 0 Å². The summed E-state index contributed by atoms with van der Waals surface area (Å²) in [6.45, 7) is 14.2. The number of rotatable bonds is 5. The minimum atomic E-state index is 0.274. The van der Waals surface area contributed by atoms with Crippen LogP contribution in [0.1, 0.15) is 33.6 Å². The van der Waals surface area contributed by atoms with Crippen molar-refractivity contribution >= 4 is 0 Å². The number of hydrogen-bond acceptors (Lipinski definition) is 0. The molecule has 0 aliphatic heterocycles. The maximum atomic E-state index is 3.83. The van der Waals surface area contributed by atoms with E-state index in [4.69, 9.17) is 0 Å². The van der Waals surface area contributed by atoms with Gasteiger partial charge in [0.1, 0.15) is 0 Å². The lowest BCUT2D eigenvalue weighted by atomic mass is 9.77. The summed E-state index contributed by atoms with van der Waals surface area (Å²) >= 11 is 0. The fraction of sp³-hybridized carbons (Fsp3) is 0.500. The van der Waals surface area contributed by atoms with Crippen molar-refractivity contribution in [3.05, 3.63) is 37.0 Å². The van der Waals surface area contributed by atoms with Gasteiger partial charge in [0, 0.05) is 0 Å². The monoisotopic (exact) mass is 164 g/mol. The van der Waals surface area contributed by atoms with E-state index in [2.05, 4.69) is 40.0 Å². The summed E-state index contributed by atoms with van der Waals surface area (Å²) < 4.78 is 0. The lowest BCUT2D eigenvalue weighted by Crippen LogP contribution is -2.15. The van der Waals surface area contributed by atoms with Gasteiger partial charge in [0.25, 0.3) is 0 Å². The number of hydrogen-bond donors (Lipinski definition) is 0. The molecule has 0 bridgehead atoms. The van der Waals surface area contributed by atoms with E-state index in [1.54, 1.807) is 0 Å². The van der Waals surface area contributed by atoms with Crippen LogP contribution in [0, 0.1) is 5.41 Å². The quantitative estimate of drug-likeness (QED) is 0.536. The molecule has 0 nitrogen and oxygen atoms in total. The number of allylic oxidation sites excluding steroid dienone is 4. The van der Waals surface area contributed by atoms with Gasteiger partial charge in [-0.25, -0.2) is 0 Å². The maximum Gasteiger partial charge on any atom is -0.00807 e. The highest BCUT2D eigenvalue weighted by atomic mass is 14.3. The molecule has 0 spiro atoms. The molecule has 0 saturated carbocycles. The second-order valence-electron chi connectivity index (χ2n) is 3.33. The van der Waals surface area contributed by atoms with Crippen LogP contribution in [-0.4, -0.2) is 0 Å². The van der Waals surface area contributed by atoms with Crippen molar-refractivity contribution < 1.29 is 0 Å². The first-order valence-corrected chi connectivity index (χ1v) is 4.60. The van der Waals surface area contributed by atoms with Crippen LogP contribution in [0.4, 0.5) is 0 Å². The Morgan fingerprint density at radius 1 is 1.25 bits per heavy atom. The molecule has 0 unspecified atom stereocenters. The summed E-state index contributed by atoms with van der Waals surface area (Å²) in [6, 6.07) is 0.